The van der Waals surface area contributed by atoms with Gasteiger partial charge in [-0.2, -0.15) is 0 Å². The monoisotopic (exact) mass is 910 g/mol. The number of carbonyl (C=O) groups excluding carboxylic acids is 2. The van der Waals surface area contributed by atoms with Gasteiger partial charge in [-0.1, -0.05) is 236 Å². The van der Waals surface area contributed by atoms with Gasteiger partial charge in [-0.05, 0) is 89.9 Å². The summed E-state index contributed by atoms with van der Waals surface area (Å²) in [5, 5.41) is 23.9. The zero-order chi connectivity index (χ0) is 47.4. The molecule has 1 amide bonds. The average Bonchev–Trinajstić information content (AvgIpc) is 3.30. The Morgan fingerprint density at radius 2 is 0.831 bits per heavy atom. The number of esters is 1. The third-order valence-electron chi connectivity index (χ3n) is 12.6. The molecule has 6 nitrogen and oxygen atoms in total. The zero-order valence-electron chi connectivity index (χ0n) is 43.1. The molecule has 3 atom stereocenters. The van der Waals surface area contributed by atoms with E-state index in [-0.39, 0.29) is 24.9 Å². The number of carbonyl (C=O) groups is 2. The van der Waals surface area contributed by atoms with E-state index in [9.17, 15) is 19.8 Å². The van der Waals surface area contributed by atoms with E-state index in [1.165, 1.54) is 128 Å². The van der Waals surface area contributed by atoms with Gasteiger partial charge in [-0.15, -0.1) is 0 Å². The van der Waals surface area contributed by atoms with Crippen LogP contribution >= 0.6 is 0 Å². The molecule has 3 unspecified atom stereocenters. The van der Waals surface area contributed by atoms with Gasteiger partial charge in [-0.3, -0.25) is 9.59 Å². The highest BCUT2D eigenvalue weighted by Gasteiger charge is 2.24. The standard InChI is InChI=1S/C59H107NO5/c1-4-7-10-13-16-19-22-25-27-29-31-33-36-39-42-45-48-51-57(62)56(54-61)60-58(63)53-55(50-47-44-41-38-35-24-21-18-15-12-9-6-3)65-59(64)52-49-46-43-40-37-34-32-30-28-26-23-20-17-14-11-8-5-2/h9,12,17-18,20-21,26,28,32,34,55-57,61-62H,4-8,10-11,13-16,19,22-25,27,29-31,33,35-54H2,1-3H3,(H,60,63)/b12-9+,20-17-,21-18+,28-26-,34-32-. The maximum Gasteiger partial charge on any atom is 0.306 e. The first-order valence-corrected chi connectivity index (χ1v) is 28.0. The molecule has 0 aromatic carbocycles. The second-order valence-corrected chi connectivity index (χ2v) is 19.0. The molecule has 0 aliphatic rings. The number of unbranched alkanes of at least 4 members (excludes halogenated alkanes) is 28. The predicted octanol–water partition coefficient (Wildman–Crippen LogP) is 17.2. The number of ether oxygens (including phenoxy) is 1. The number of hydrogen-bond acceptors (Lipinski definition) is 5. The Morgan fingerprint density at radius 1 is 0.462 bits per heavy atom. The topological polar surface area (TPSA) is 95.9 Å². The molecule has 65 heavy (non-hydrogen) atoms. The molecule has 0 spiro atoms. The van der Waals surface area contributed by atoms with Crippen LogP contribution in [0.15, 0.2) is 60.8 Å². The number of amides is 1. The number of allylic oxidation sites excluding steroid dienone is 10. The number of hydrogen-bond donors (Lipinski definition) is 3. The molecule has 0 aliphatic heterocycles. The van der Waals surface area contributed by atoms with Crippen molar-refractivity contribution in [3.8, 4) is 0 Å². The van der Waals surface area contributed by atoms with Gasteiger partial charge < -0.3 is 20.3 Å². The average molecular weight is 911 g/mol. The zero-order valence-corrected chi connectivity index (χ0v) is 43.1. The molecular formula is C59H107NO5. The smallest absolute Gasteiger partial charge is 0.306 e. The third-order valence-corrected chi connectivity index (χ3v) is 12.6. The van der Waals surface area contributed by atoms with Gasteiger partial charge in [0.25, 0.3) is 0 Å². The second kappa shape index (κ2) is 52.5. The molecule has 0 saturated carbocycles. The summed E-state index contributed by atoms with van der Waals surface area (Å²) in [7, 11) is 0. The van der Waals surface area contributed by atoms with Gasteiger partial charge in [0.1, 0.15) is 6.10 Å². The van der Waals surface area contributed by atoms with Crippen LogP contribution in [0.1, 0.15) is 278 Å². The van der Waals surface area contributed by atoms with Crippen LogP contribution in [0.2, 0.25) is 0 Å². The second-order valence-electron chi connectivity index (χ2n) is 19.0. The molecule has 3 N–H and O–H groups in total. The summed E-state index contributed by atoms with van der Waals surface area (Å²) in [5.41, 5.74) is 0. The molecular weight excluding hydrogens is 803 g/mol. The predicted molar refractivity (Wildman–Crippen MR) is 282 cm³/mol. The summed E-state index contributed by atoms with van der Waals surface area (Å²) in [4.78, 5) is 26.2. The van der Waals surface area contributed by atoms with Crippen molar-refractivity contribution < 1.29 is 24.5 Å². The van der Waals surface area contributed by atoms with E-state index in [1.807, 2.05) is 0 Å². The van der Waals surface area contributed by atoms with Crippen LogP contribution in [0.5, 0.6) is 0 Å². The van der Waals surface area contributed by atoms with Crippen LogP contribution in [-0.4, -0.2) is 46.9 Å². The highest BCUT2D eigenvalue weighted by atomic mass is 16.5. The van der Waals surface area contributed by atoms with Crippen molar-refractivity contribution in [2.45, 2.75) is 296 Å². The van der Waals surface area contributed by atoms with E-state index in [1.54, 1.807) is 0 Å². The molecule has 0 aromatic heterocycles. The minimum absolute atomic E-state index is 0.0582. The van der Waals surface area contributed by atoms with Gasteiger partial charge in [0.15, 0.2) is 0 Å². The summed E-state index contributed by atoms with van der Waals surface area (Å²) < 4.78 is 5.93. The molecule has 0 fully saturated rings. The van der Waals surface area contributed by atoms with Gasteiger partial charge in [0, 0.05) is 6.42 Å². The first-order chi connectivity index (χ1) is 32.0. The lowest BCUT2D eigenvalue weighted by molar-refractivity contribution is -0.151. The number of nitrogens with one attached hydrogen (secondary N) is 1. The Bertz CT molecular complexity index is 1160. The Kier molecular flexibility index (Phi) is 50.6. The fraction of sp³-hybridized carbons (Fsp3) is 0.797. The van der Waals surface area contributed by atoms with E-state index < -0.39 is 18.2 Å². The van der Waals surface area contributed by atoms with Crippen molar-refractivity contribution >= 4 is 11.9 Å². The molecule has 0 saturated heterocycles. The first kappa shape index (κ1) is 62.6. The normalized spacial score (nSPS) is 13.6. The van der Waals surface area contributed by atoms with E-state index >= 15 is 0 Å². The number of rotatable bonds is 50. The van der Waals surface area contributed by atoms with Gasteiger partial charge >= 0.3 is 5.97 Å². The summed E-state index contributed by atoms with van der Waals surface area (Å²) in [6, 6.07) is -0.713. The van der Waals surface area contributed by atoms with Crippen LogP contribution in [0.3, 0.4) is 0 Å². The number of aliphatic hydroxyl groups excluding tert-OH is 2. The van der Waals surface area contributed by atoms with E-state index in [2.05, 4.69) is 86.8 Å². The summed E-state index contributed by atoms with van der Waals surface area (Å²) >= 11 is 0. The Balaban J connectivity index is 4.54. The van der Waals surface area contributed by atoms with Crippen LogP contribution in [0.25, 0.3) is 0 Å². The summed E-state index contributed by atoms with van der Waals surface area (Å²) in [6.07, 6.45) is 65.7. The quantitative estimate of drug-likeness (QED) is 0.0321. The van der Waals surface area contributed by atoms with Crippen LogP contribution in [0.4, 0.5) is 0 Å². The van der Waals surface area contributed by atoms with Crippen molar-refractivity contribution in [3.05, 3.63) is 60.8 Å². The molecule has 0 radical (unpaired) electrons. The molecule has 0 heterocycles. The maximum atomic E-state index is 13.2. The van der Waals surface area contributed by atoms with Crippen LogP contribution in [-0.2, 0) is 14.3 Å². The fourth-order valence-corrected chi connectivity index (χ4v) is 8.36. The highest BCUT2D eigenvalue weighted by molar-refractivity contribution is 5.77. The molecule has 0 aromatic rings. The molecule has 0 aliphatic carbocycles. The van der Waals surface area contributed by atoms with Gasteiger partial charge in [-0.25, -0.2) is 0 Å². The van der Waals surface area contributed by atoms with E-state index in [0.717, 1.165) is 103 Å². The minimum atomic E-state index is -0.798. The van der Waals surface area contributed by atoms with E-state index in [0.29, 0.717) is 19.3 Å². The lowest BCUT2D eigenvalue weighted by Gasteiger charge is -2.24. The van der Waals surface area contributed by atoms with Crippen molar-refractivity contribution in [2.75, 3.05) is 6.61 Å². The van der Waals surface area contributed by atoms with Crippen molar-refractivity contribution in [1.82, 2.24) is 5.32 Å². The highest BCUT2D eigenvalue weighted by Crippen LogP contribution is 2.18. The molecule has 6 heteroatoms. The number of aliphatic hydroxyl groups is 2. The largest absolute Gasteiger partial charge is 0.462 e. The summed E-state index contributed by atoms with van der Waals surface area (Å²) in [6.45, 7) is 6.36. The van der Waals surface area contributed by atoms with Crippen molar-refractivity contribution in [3.63, 3.8) is 0 Å². The Morgan fingerprint density at radius 3 is 1.29 bits per heavy atom. The molecule has 378 valence electrons. The van der Waals surface area contributed by atoms with Crippen molar-refractivity contribution in [2.24, 2.45) is 0 Å². The maximum absolute atomic E-state index is 13.2. The van der Waals surface area contributed by atoms with Gasteiger partial charge in [0.2, 0.25) is 5.91 Å². The van der Waals surface area contributed by atoms with E-state index in [4.69, 9.17) is 4.74 Å². The lowest BCUT2D eigenvalue weighted by atomic mass is 10.0. The molecule has 0 rings (SSSR count). The Labute approximate surface area is 403 Å². The third kappa shape index (κ3) is 47.8. The minimum Gasteiger partial charge on any atom is -0.462 e. The molecule has 0 bridgehead atoms. The van der Waals surface area contributed by atoms with Crippen LogP contribution < -0.4 is 5.32 Å². The van der Waals surface area contributed by atoms with Gasteiger partial charge in [0.05, 0.1) is 25.2 Å². The Hall–Kier alpha value is -2.44. The summed E-state index contributed by atoms with van der Waals surface area (Å²) in [5.74, 6) is -0.509. The lowest BCUT2D eigenvalue weighted by Crippen LogP contribution is -2.46. The van der Waals surface area contributed by atoms with Crippen LogP contribution in [0, 0.1) is 0 Å². The van der Waals surface area contributed by atoms with Crippen molar-refractivity contribution in [1.29, 1.82) is 0 Å². The fourth-order valence-electron chi connectivity index (χ4n) is 8.36. The SMILES string of the molecule is CC/C=C/C/C=C/CCCCCCCC(CC(=O)NC(CO)C(O)CCCCCCCCCCCCCCCCCCC)OC(=O)CCCCCC/C=C\C/C=C\C/C=C\CCCCC. The first-order valence-electron chi connectivity index (χ1n) is 28.0.